The summed E-state index contributed by atoms with van der Waals surface area (Å²) in [6.07, 6.45) is 6.87. The first-order chi connectivity index (χ1) is 8.96. The molecular formula is C17H34N2. The lowest BCUT2D eigenvalue weighted by molar-refractivity contribution is 0.189. The summed E-state index contributed by atoms with van der Waals surface area (Å²) < 4.78 is 0. The lowest BCUT2D eigenvalue weighted by atomic mass is 9.91. The summed E-state index contributed by atoms with van der Waals surface area (Å²) in [5, 5.41) is 3.81. The SMILES string of the molecule is CC1CCN(CCCNC2CC(C)(C)CC2C)CC1. The van der Waals surface area contributed by atoms with E-state index in [2.05, 4.69) is 37.9 Å². The van der Waals surface area contributed by atoms with Crippen molar-refractivity contribution in [2.45, 2.75) is 65.8 Å². The standard InChI is InChI=1S/C17H34N2/c1-14-6-10-19(11-7-14)9-5-8-18-16-13-17(3,4)12-15(16)2/h14-16,18H,5-13H2,1-4H3. The molecule has 2 atom stereocenters. The third kappa shape index (κ3) is 4.75. The smallest absolute Gasteiger partial charge is 0.00979 e. The molecule has 2 rings (SSSR count). The van der Waals surface area contributed by atoms with Gasteiger partial charge in [0.2, 0.25) is 0 Å². The van der Waals surface area contributed by atoms with Crippen LogP contribution in [0.3, 0.4) is 0 Å². The predicted octanol–water partition coefficient (Wildman–Crippen LogP) is 3.52. The average molecular weight is 266 g/mol. The fraction of sp³-hybridized carbons (Fsp3) is 1.00. The number of rotatable bonds is 5. The number of hydrogen-bond donors (Lipinski definition) is 1. The van der Waals surface area contributed by atoms with Gasteiger partial charge in [0.1, 0.15) is 0 Å². The molecule has 1 saturated heterocycles. The van der Waals surface area contributed by atoms with Crippen LogP contribution in [-0.4, -0.2) is 37.1 Å². The molecule has 2 aliphatic rings. The van der Waals surface area contributed by atoms with Gasteiger partial charge >= 0.3 is 0 Å². The number of likely N-dealkylation sites (tertiary alicyclic amines) is 1. The molecule has 112 valence electrons. The Balaban J connectivity index is 1.57. The Kier molecular flexibility index (Phi) is 5.30. The molecule has 0 bridgehead atoms. The van der Waals surface area contributed by atoms with Crippen LogP contribution in [0.4, 0.5) is 0 Å². The van der Waals surface area contributed by atoms with Crippen molar-refractivity contribution in [2.24, 2.45) is 17.3 Å². The Labute approximate surface area is 120 Å². The molecule has 0 aromatic rings. The molecule has 1 aliphatic carbocycles. The second-order valence-corrected chi connectivity index (χ2v) is 7.99. The average Bonchev–Trinajstić information content (AvgIpc) is 2.60. The second-order valence-electron chi connectivity index (χ2n) is 7.99. The first-order valence-corrected chi connectivity index (χ1v) is 8.42. The van der Waals surface area contributed by atoms with Crippen molar-refractivity contribution < 1.29 is 0 Å². The highest BCUT2D eigenvalue weighted by Crippen LogP contribution is 2.40. The van der Waals surface area contributed by atoms with E-state index in [1.807, 2.05) is 0 Å². The van der Waals surface area contributed by atoms with E-state index in [0.717, 1.165) is 17.9 Å². The largest absolute Gasteiger partial charge is 0.314 e. The molecule has 2 heteroatoms. The van der Waals surface area contributed by atoms with Gasteiger partial charge in [0.05, 0.1) is 0 Å². The van der Waals surface area contributed by atoms with E-state index in [0.29, 0.717) is 5.41 Å². The molecule has 19 heavy (non-hydrogen) atoms. The first-order valence-electron chi connectivity index (χ1n) is 8.42. The lowest BCUT2D eigenvalue weighted by Gasteiger charge is -2.30. The molecule has 0 aromatic heterocycles. The zero-order chi connectivity index (χ0) is 13.9. The molecule has 1 N–H and O–H groups in total. The summed E-state index contributed by atoms with van der Waals surface area (Å²) in [4.78, 5) is 2.66. The van der Waals surface area contributed by atoms with Gasteiger partial charge in [0, 0.05) is 6.04 Å². The molecular weight excluding hydrogens is 232 g/mol. The van der Waals surface area contributed by atoms with E-state index < -0.39 is 0 Å². The molecule has 1 aliphatic heterocycles. The Hall–Kier alpha value is -0.0800. The maximum atomic E-state index is 3.81. The van der Waals surface area contributed by atoms with Crippen molar-refractivity contribution in [2.75, 3.05) is 26.2 Å². The molecule has 0 spiro atoms. The summed E-state index contributed by atoms with van der Waals surface area (Å²) in [5.74, 6) is 1.81. The van der Waals surface area contributed by atoms with Gasteiger partial charge in [0.15, 0.2) is 0 Å². The van der Waals surface area contributed by atoms with Gasteiger partial charge in [-0.1, -0.05) is 27.7 Å². The predicted molar refractivity (Wildman–Crippen MR) is 83.4 cm³/mol. The third-order valence-electron chi connectivity index (χ3n) is 5.27. The fourth-order valence-corrected chi connectivity index (χ4v) is 4.04. The lowest BCUT2D eigenvalue weighted by Crippen LogP contribution is -2.37. The molecule has 0 radical (unpaired) electrons. The summed E-state index contributed by atoms with van der Waals surface area (Å²) in [6.45, 7) is 14.8. The highest BCUT2D eigenvalue weighted by molar-refractivity contribution is 4.91. The summed E-state index contributed by atoms with van der Waals surface area (Å²) in [5.41, 5.74) is 0.556. The Morgan fingerprint density at radius 3 is 2.37 bits per heavy atom. The van der Waals surface area contributed by atoms with Crippen LogP contribution in [0.15, 0.2) is 0 Å². The Bertz CT molecular complexity index is 266. The van der Waals surface area contributed by atoms with Crippen molar-refractivity contribution >= 4 is 0 Å². The van der Waals surface area contributed by atoms with Crippen LogP contribution in [-0.2, 0) is 0 Å². The monoisotopic (exact) mass is 266 g/mol. The Morgan fingerprint density at radius 2 is 1.79 bits per heavy atom. The zero-order valence-electron chi connectivity index (χ0n) is 13.5. The molecule has 0 amide bonds. The van der Waals surface area contributed by atoms with Crippen LogP contribution in [0.2, 0.25) is 0 Å². The summed E-state index contributed by atoms with van der Waals surface area (Å²) in [7, 11) is 0. The van der Waals surface area contributed by atoms with E-state index >= 15 is 0 Å². The minimum atomic E-state index is 0.556. The molecule has 2 unspecified atom stereocenters. The number of nitrogens with zero attached hydrogens (tertiary/aromatic N) is 1. The van der Waals surface area contributed by atoms with E-state index in [9.17, 15) is 0 Å². The third-order valence-corrected chi connectivity index (χ3v) is 5.27. The van der Waals surface area contributed by atoms with Crippen LogP contribution in [0, 0.1) is 17.3 Å². The molecule has 0 aromatic carbocycles. The van der Waals surface area contributed by atoms with Crippen LogP contribution < -0.4 is 5.32 Å². The van der Waals surface area contributed by atoms with Crippen LogP contribution >= 0.6 is 0 Å². The van der Waals surface area contributed by atoms with Gasteiger partial charge in [-0.2, -0.15) is 0 Å². The van der Waals surface area contributed by atoms with Crippen molar-refractivity contribution in [1.29, 1.82) is 0 Å². The molecule has 1 heterocycles. The van der Waals surface area contributed by atoms with Gasteiger partial charge in [0.25, 0.3) is 0 Å². The van der Waals surface area contributed by atoms with Crippen molar-refractivity contribution in [3.63, 3.8) is 0 Å². The highest BCUT2D eigenvalue weighted by atomic mass is 15.1. The summed E-state index contributed by atoms with van der Waals surface area (Å²) >= 11 is 0. The number of piperidine rings is 1. The van der Waals surface area contributed by atoms with Crippen molar-refractivity contribution in [3.05, 3.63) is 0 Å². The first kappa shape index (κ1) is 15.3. The topological polar surface area (TPSA) is 15.3 Å². The van der Waals surface area contributed by atoms with E-state index in [1.54, 1.807) is 0 Å². The minimum Gasteiger partial charge on any atom is -0.314 e. The van der Waals surface area contributed by atoms with Crippen LogP contribution in [0.1, 0.15) is 59.8 Å². The maximum absolute atomic E-state index is 3.81. The number of nitrogens with one attached hydrogen (secondary N) is 1. The molecule has 2 fully saturated rings. The van der Waals surface area contributed by atoms with E-state index in [1.165, 1.54) is 58.3 Å². The van der Waals surface area contributed by atoms with Gasteiger partial charge in [-0.25, -0.2) is 0 Å². The van der Waals surface area contributed by atoms with Gasteiger partial charge in [-0.05, 0) is 75.5 Å². The molecule has 1 saturated carbocycles. The quantitative estimate of drug-likeness (QED) is 0.766. The minimum absolute atomic E-state index is 0.556. The fourth-order valence-electron chi connectivity index (χ4n) is 4.04. The van der Waals surface area contributed by atoms with Gasteiger partial charge in [-0.15, -0.1) is 0 Å². The number of hydrogen-bond acceptors (Lipinski definition) is 2. The van der Waals surface area contributed by atoms with E-state index in [-0.39, 0.29) is 0 Å². The maximum Gasteiger partial charge on any atom is 0.00979 e. The normalized spacial score (nSPS) is 32.8. The second kappa shape index (κ2) is 6.58. The highest BCUT2D eigenvalue weighted by Gasteiger charge is 2.35. The van der Waals surface area contributed by atoms with Crippen molar-refractivity contribution in [3.8, 4) is 0 Å². The van der Waals surface area contributed by atoms with Crippen LogP contribution in [0.5, 0.6) is 0 Å². The van der Waals surface area contributed by atoms with Gasteiger partial charge in [-0.3, -0.25) is 0 Å². The van der Waals surface area contributed by atoms with Crippen LogP contribution in [0.25, 0.3) is 0 Å². The van der Waals surface area contributed by atoms with E-state index in [4.69, 9.17) is 0 Å². The zero-order valence-corrected chi connectivity index (χ0v) is 13.5. The molecule has 2 nitrogen and oxygen atoms in total. The summed E-state index contributed by atoms with van der Waals surface area (Å²) in [6, 6.07) is 0.761. The van der Waals surface area contributed by atoms with Crippen molar-refractivity contribution in [1.82, 2.24) is 10.2 Å². The Morgan fingerprint density at radius 1 is 1.11 bits per heavy atom. The van der Waals surface area contributed by atoms with Gasteiger partial charge < -0.3 is 10.2 Å².